The smallest absolute Gasteiger partial charge is 0.238 e. The van der Waals surface area contributed by atoms with Crippen molar-refractivity contribution in [2.45, 2.75) is 39.1 Å². The predicted octanol–water partition coefficient (Wildman–Crippen LogP) is 3.11. The van der Waals surface area contributed by atoms with Crippen LogP contribution in [0.4, 0.5) is 0 Å². The van der Waals surface area contributed by atoms with Crippen LogP contribution >= 0.6 is 11.6 Å². The van der Waals surface area contributed by atoms with Gasteiger partial charge in [-0.05, 0) is 44.4 Å². The van der Waals surface area contributed by atoms with E-state index in [0.717, 1.165) is 5.56 Å². The number of hydrogen-bond acceptors (Lipinski definition) is 1. The van der Waals surface area contributed by atoms with E-state index in [4.69, 9.17) is 11.6 Å². The maximum Gasteiger partial charge on any atom is 0.238 e. The molecule has 2 unspecified atom stereocenters. The normalized spacial score (nSPS) is 14.3. The first kappa shape index (κ1) is 13.0. The van der Waals surface area contributed by atoms with Crippen LogP contribution in [0, 0.1) is 13.8 Å². The summed E-state index contributed by atoms with van der Waals surface area (Å²) in [5.41, 5.74) is 3.60. The number of benzene rings is 1. The Hall–Kier alpha value is -1.02. The molecule has 1 aromatic rings. The summed E-state index contributed by atoms with van der Waals surface area (Å²) in [6.45, 7) is 7.77. The van der Waals surface area contributed by atoms with Crippen LogP contribution in [-0.2, 0) is 4.79 Å². The van der Waals surface area contributed by atoms with Crippen molar-refractivity contribution in [3.63, 3.8) is 0 Å². The minimum Gasteiger partial charge on any atom is -0.348 e. The largest absolute Gasteiger partial charge is 0.348 e. The first-order chi connectivity index (χ1) is 7.41. The van der Waals surface area contributed by atoms with E-state index in [1.807, 2.05) is 13.0 Å². The maximum absolute atomic E-state index is 11.4. The fourth-order valence-electron chi connectivity index (χ4n) is 1.45. The summed E-state index contributed by atoms with van der Waals surface area (Å²) in [4.78, 5) is 11.4. The third-order valence-corrected chi connectivity index (χ3v) is 2.95. The molecule has 0 aliphatic heterocycles. The molecule has 1 rings (SSSR count). The Balaban J connectivity index is 2.77. The van der Waals surface area contributed by atoms with Crippen LogP contribution in [0.15, 0.2) is 18.2 Å². The molecule has 0 heterocycles. The third kappa shape index (κ3) is 3.24. The highest BCUT2D eigenvalue weighted by atomic mass is 35.5. The van der Waals surface area contributed by atoms with Crippen LogP contribution in [-0.4, -0.2) is 11.3 Å². The molecule has 1 N–H and O–H groups in total. The fourth-order valence-corrected chi connectivity index (χ4v) is 1.51. The molecule has 0 fully saturated rings. The zero-order valence-electron chi connectivity index (χ0n) is 10.2. The summed E-state index contributed by atoms with van der Waals surface area (Å²) in [5, 5.41) is 2.38. The van der Waals surface area contributed by atoms with Gasteiger partial charge in [0.05, 0.1) is 6.04 Å². The van der Waals surface area contributed by atoms with Gasteiger partial charge in [-0.1, -0.05) is 18.2 Å². The number of halogens is 1. The lowest BCUT2D eigenvalue weighted by Crippen LogP contribution is -2.31. The molecule has 0 spiro atoms. The molecular formula is C13H18ClNO. The van der Waals surface area contributed by atoms with Crippen LogP contribution in [0.1, 0.15) is 36.6 Å². The van der Waals surface area contributed by atoms with Gasteiger partial charge in [0.15, 0.2) is 0 Å². The lowest BCUT2D eigenvalue weighted by Gasteiger charge is -2.16. The van der Waals surface area contributed by atoms with Gasteiger partial charge in [-0.3, -0.25) is 4.79 Å². The van der Waals surface area contributed by atoms with Gasteiger partial charge in [0.1, 0.15) is 5.38 Å². The second-order valence-corrected chi connectivity index (χ2v) is 4.84. The van der Waals surface area contributed by atoms with E-state index in [-0.39, 0.29) is 11.9 Å². The molecule has 0 saturated carbocycles. The van der Waals surface area contributed by atoms with Crippen molar-refractivity contribution >= 4 is 17.5 Å². The van der Waals surface area contributed by atoms with E-state index >= 15 is 0 Å². The van der Waals surface area contributed by atoms with Crippen molar-refractivity contribution < 1.29 is 4.79 Å². The summed E-state index contributed by atoms with van der Waals surface area (Å²) in [6.07, 6.45) is 0. The molecule has 0 radical (unpaired) electrons. The third-order valence-electron chi connectivity index (χ3n) is 2.75. The van der Waals surface area contributed by atoms with Crippen molar-refractivity contribution in [2.24, 2.45) is 0 Å². The summed E-state index contributed by atoms with van der Waals surface area (Å²) >= 11 is 5.70. The SMILES string of the molecule is Cc1ccc(C(C)NC(=O)C(C)Cl)cc1C. The van der Waals surface area contributed by atoms with Crippen molar-refractivity contribution in [3.8, 4) is 0 Å². The van der Waals surface area contributed by atoms with E-state index in [1.54, 1.807) is 6.92 Å². The van der Waals surface area contributed by atoms with Crippen molar-refractivity contribution in [1.82, 2.24) is 5.32 Å². The fraction of sp³-hybridized carbons (Fsp3) is 0.462. The van der Waals surface area contributed by atoms with Crippen molar-refractivity contribution in [1.29, 1.82) is 0 Å². The molecule has 0 aliphatic rings. The molecule has 0 aliphatic carbocycles. The molecule has 2 atom stereocenters. The van der Waals surface area contributed by atoms with Gasteiger partial charge in [-0.15, -0.1) is 11.6 Å². The molecule has 2 nitrogen and oxygen atoms in total. The number of nitrogens with one attached hydrogen (secondary N) is 1. The second kappa shape index (κ2) is 5.35. The average molecular weight is 240 g/mol. The summed E-state index contributed by atoms with van der Waals surface area (Å²) in [5.74, 6) is -0.132. The van der Waals surface area contributed by atoms with E-state index in [1.165, 1.54) is 11.1 Å². The van der Waals surface area contributed by atoms with Gasteiger partial charge < -0.3 is 5.32 Å². The zero-order chi connectivity index (χ0) is 12.3. The van der Waals surface area contributed by atoms with Gasteiger partial charge in [0.25, 0.3) is 0 Å². The van der Waals surface area contributed by atoms with E-state index in [9.17, 15) is 4.79 Å². The monoisotopic (exact) mass is 239 g/mol. The van der Waals surface area contributed by atoms with Crippen molar-refractivity contribution in [3.05, 3.63) is 34.9 Å². The Bertz CT molecular complexity index is 388. The molecule has 0 saturated heterocycles. The number of alkyl halides is 1. The number of aryl methyl sites for hydroxylation is 2. The van der Waals surface area contributed by atoms with Crippen LogP contribution in [0.2, 0.25) is 0 Å². The Kier molecular flexibility index (Phi) is 4.36. The van der Waals surface area contributed by atoms with Crippen molar-refractivity contribution in [2.75, 3.05) is 0 Å². The van der Waals surface area contributed by atoms with Gasteiger partial charge in [-0.2, -0.15) is 0 Å². The summed E-state index contributed by atoms with van der Waals surface area (Å²) < 4.78 is 0. The molecule has 1 amide bonds. The zero-order valence-corrected chi connectivity index (χ0v) is 10.9. The molecular weight excluding hydrogens is 222 g/mol. The molecule has 0 aromatic heterocycles. The number of carbonyl (C=O) groups excluding carboxylic acids is 1. The number of carbonyl (C=O) groups is 1. The topological polar surface area (TPSA) is 29.1 Å². The number of hydrogen-bond donors (Lipinski definition) is 1. The Morgan fingerprint density at radius 1 is 1.25 bits per heavy atom. The number of rotatable bonds is 3. The Morgan fingerprint density at radius 3 is 2.38 bits per heavy atom. The van der Waals surface area contributed by atoms with E-state index < -0.39 is 5.38 Å². The second-order valence-electron chi connectivity index (χ2n) is 4.19. The molecule has 1 aromatic carbocycles. The van der Waals surface area contributed by atoms with Crippen LogP contribution in [0.5, 0.6) is 0 Å². The maximum atomic E-state index is 11.4. The predicted molar refractivity (Wildman–Crippen MR) is 67.8 cm³/mol. The highest BCUT2D eigenvalue weighted by Crippen LogP contribution is 2.17. The highest BCUT2D eigenvalue weighted by Gasteiger charge is 2.13. The molecule has 3 heteroatoms. The average Bonchev–Trinajstić information content (AvgIpc) is 2.21. The minimum atomic E-state index is -0.492. The lowest BCUT2D eigenvalue weighted by atomic mass is 10.0. The Morgan fingerprint density at radius 2 is 1.88 bits per heavy atom. The standard InChI is InChI=1S/C13H18ClNO/c1-8-5-6-12(7-9(8)2)11(4)15-13(16)10(3)14/h5-7,10-11H,1-4H3,(H,15,16). The van der Waals surface area contributed by atoms with Crippen LogP contribution in [0.3, 0.4) is 0 Å². The van der Waals surface area contributed by atoms with Gasteiger partial charge in [0, 0.05) is 0 Å². The molecule has 16 heavy (non-hydrogen) atoms. The first-order valence-electron chi connectivity index (χ1n) is 5.43. The summed E-state index contributed by atoms with van der Waals surface area (Å²) in [7, 11) is 0. The molecule has 0 bridgehead atoms. The van der Waals surface area contributed by atoms with Crippen LogP contribution in [0.25, 0.3) is 0 Å². The van der Waals surface area contributed by atoms with E-state index in [2.05, 4.69) is 31.3 Å². The molecule has 88 valence electrons. The van der Waals surface area contributed by atoms with Gasteiger partial charge in [-0.25, -0.2) is 0 Å². The lowest BCUT2D eigenvalue weighted by molar-refractivity contribution is -0.121. The van der Waals surface area contributed by atoms with Gasteiger partial charge >= 0.3 is 0 Å². The van der Waals surface area contributed by atoms with Crippen LogP contribution < -0.4 is 5.32 Å². The highest BCUT2D eigenvalue weighted by molar-refractivity contribution is 6.30. The quantitative estimate of drug-likeness (QED) is 0.807. The van der Waals surface area contributed by atoms with E-state index in [0.29, 0.717) is 0 Å². The summed E-state index contributed by atoms with van der Waals surface area (Å²) in [6, 6.07) is 6.19. The first-order valence-corrected chi connectivity index (χ1v) is 5.87. The Labute approximate surface area is 102 Å². The van der Waals surface area contributed by atoms with Gasteiger partial charge in [0.2, 0.25) is 5.91 Å². The minimum absolute atomic E-state index is 0.00648. The number of amides is 1.